The second-order valence-corrected chi connectivity index (χ2v) is 4.68. The number of oxazole rings is 1. The van der Waals surface area contributed by atoms with E-state index in [0.29, 0.717) is 12.5 Å². The number of halogens is 1. The summed E-state index contributed by atoms with van der Waals surface area (Å²) in [5.74, 6) is 1.39. The first-order valence-corrected chi connectivity index (χ1v) is 5.94. The van der Waals surface area contributed by atoms with Crippen LogP contribution in [0.25, 0.3) is 11.1 Å². The molecule has 2 aromatic rings. The highest BCUT2D eigenvalue weighted by atomic mass is 35.5. The fraction of sp³-hybridized carbons (Fsp3) is 0.417. The third-order valence-corrected chi connectivity index (χ3v) is 3.27. The summed E-state index contributed by atoms with van der Waals surface area (Å²) in [5.41, 5.74) is 8.27. The predicted octanol–water partition coefficient (Wildman–Crippen LogP) is 2.86. The van der Waals surface area contributed by atoms with E-state index in [-0.39, 0.29) is 0 Å². The van der Waals surface area contributed by atoms with E-state index in [4.69, 9.17) is 21.8 Å². The van der Waals surface area contributed by atoms with Gasteiger partial charge in [0.05, 0.1) is 0 Å². The molecule has 0 atom stereocenters. The van der Waals surface area contributed by atoms with Crippen LogP contribution < -0.4 is 5.73 Å². The number of nitrogens with two attached hydrogens (primary N) is 1. The molecule has 1 heterocycles. The fourth-order valence-electron chi connectivity index (χ4n) is 1.86. The molecule has 16 heavy (non-hydrogen) atoms. The molecular formula is C12H13ClN2O. The van der Waals surface area contributed by atoms with Crippen molar-refractivity contribution in [2.24, 2.45) is 5.73 Å². The Morgan fingerprint density at radius 2 is 2.25 bits per heavy atom. The summed E-state index contributed by atoms with van der Waals surface area (Å²) in [6.07, 6.45) is 3.16. The van der Waals surface area contributed by atoms with Crippen LogP contribution in [-0.2, 0) is 6.42 Å². The lowest BCUT2D eigenvalue weighted by Crippen LogP contribution is -2.03. The molecule has 1 fully saturated rings. The van der Waals surface area contributed by atoms with Crippen LogP contribution in [0.3, 0.4) is 0 Å². The maximum atomic E-state index is 6.14. The van der Waals surface area contributed by atoms with Crippen molar-refractivity contribution in [2.75, 3.05) is 6.54 Å². The molecule has 0 spiro atoms. The molecule has 0 unspecified atom stereocenters. The molecule has 0 amide bonds. The summed E-state index contributed by atoms with van der Waals surface area (Å²) in [6, 6.07) is 3.83. The lowest BCUT2D eigenvalue weighted by atomic mass is 10.1. The van der Waals surface area contributed by atoms with Crippen LogP contribution in [0.1, 0.15) is 30.2 Å². The van der Waals surface area contributed by atoms with Crippen molar-refractivity contribution in [3.8, 4) is 0 Å². The quantitative estimate of drug-likeness (QED) is 0.892. The highest BCUT2D eigenvalue weighted by Gasteiger charge is 2.29. The zero-order valence-corrected chi connectivity index (χ0v) is 9.63. The van der Waals surface area contributed by atoms with Gasteiger partial charge in [-0.15, -0.1) is 0 Å². The molecule has 84 valence electrons. The standard InChI is InChI=1S/C12H13ClN2O/c13-9-6-11-10(5-8(9)3-4-14)15-12(16-11)7-1-2-7/h5-7H,1-4,14H2. The van der Waals surface area contributed by atoms with Crippen molar-refractivity contribution in [2.45, 2.75) is 25.2 Å². The Kier molecular flexibility index (Phi) is 2.37. The van der Waals surface area contributed by atoms with Gasteiger partial charge in [-0.25, -0.2) is 4.98 Å². The lowest BCUT2D eigenvalue weighted by Gasteiger charge is -2.00. The van der Waals surface area contributed by atoms with Gasteiger partial charge in [-0.1, -0.05) is 11.6 Å². The van der Waals surface area contributed by atoms with Crippen molar-refractivity contribution in [3.63, 3.8) is 0 Å². The molecule has 4 heteroatoms. The molecule has 1 aromatic carbocycles. The van der Waals surface area contributed by atoms with E-state index in [1.165, 1.54) is 12.8 Å². The maximum Gasteiger partial charge on any atom is 0.198 e. The maximum absolute atomic E-state index is 6.14. The van der Waals surface area contributed by atoms with Gasteiger partial charge in [-0.3, -0.25) is 0 Å². The zero-order valence-electron chi connectivity index (χ0n) is 8.87. The van der Waals surface area contributed by atoms with Crippen LogP contribution in [0.5, 0.6) is 0 Å². The Bertz CT molecular complexity index is 531. The summed E-state index contributed by atoms with van der Waals surface area (Å²) < 4.78 is 5.68. The van der Waals surface area contributed by atoms with Gasteiger partial charge in [0.1, 0.15) is 5.52 Å². The second-order valence-electron chi connectivity index (χ2n) is 4.28. The fourth-order valence-corrected chi connectivity index (χ4v) is 2.11. The van der Waals surface area contributed by atoms with E-state index in [1.807, 2.05) is 12.1 Å². The number of fused-ring (bicyclic) bond motifs is 1. The molecule has 0 bridgehead atoms. The van der Waals surface area contributed by atoms with Gasteiger partial charge in [0.15, 0.2) is 11.5 Å². The lowest BCUT2D eigenvalue weighted by molar-refractivity contribution is 0.533. The SMILES string of the molecule is NCCc1cc2nc(C3CC3)oc2cc1Cl. The minimum atomic E-state index is 0.532. The van der Waals surface area contributed by atoms with Crippen molar-refractivity contribution in [1.29, 1.82) is 0 Å². The van der Waals surface area contributed by atoms with Crippen LogP contribution in [-0.4, -0.2) is 11.5 Å². The monoisotopic (exact) mass is 236 g/mol. The number of hydrogen-bond donors (Lipinski definition) is 1. The van der Waals surface area contributed by atoms with E-state index in [9.17, 15) is 0 Å². The zero-order chi connectivity index (χ0) is 11.1. The van der Waals surface area contributed by atoms with Gasteiger partial charge in [0, 0.05) is 17.0 Å². The summed E-state index contributed by atoms with van der Waals surface area (Å²) in [5, 5.41) is 0.719. The largest absolute Gasteiger partial charge is 0.440 e. The summed E-state index contributed by atoms with van der Waals surface area (Å²) >= 11 is 6.14. The van der Waals surface area contributed by atoms with Gasteiger partial charge < -0.3 is 10.2 Å². The average molecular weight is 237 g/mol. The molecule has 3 rings (SSSR count). The van der Waals surface area contributed by atoms with Crippen LogP contribution in [0, 0.1) is 0 Å². The number of aromatic nitrogens is 1. The van der Waals surface area contributed by atoms with Crippen molar-refractivity contribution >= 4 is 22.7 Å². The molecule has 0 aliphatic heterocycles. The van der Waals surface area contributed by atoms with Gasteiger partial charge in [0.2, 0.25) is 0 Å². The highest BCUT2D eigenvalue weighted by molar-refractivity contribution is 6.32. The minimum absolute atomic E-state index is 0.532. The van der Waals surface area contributed by atoms with Crippen LogP contribution in [0.2, 0.25) is 5.02 Å². The smallest absolute Gasteiger partial charge is 0.198 e. The highest BCUT2D eigenvalue weighted by Crippen LogP contribution is 2.41. The summed E-state index contributed by atoms with van der Waals surface area (Å²) in [7, 11) is 0. The Hall–Kier alpha value is -1.06. The average Bonchev–Trinajstić information content (AvgIpc) is 3.02. The van der Waals surface area contributed by atoms with Gasteiger partial charge >= 0.3 is 0 Å². The first-order chi connectivity index (χ1) is 7.78. The third kappa shape index (κ3) is 1.70. The van der Waals surface area contributed by atoms with Gasteiger partial charge in [0.25, 0.3) is 0 Å². The van der Waals surface area contributed by atoms with Crippen LogP contribution >= 0.6 is 11.6 Å². The first kappa shape index (κ1) is 10.1. The number of benzene rings is 1. The Morgan fingerprint density at radius 3 is 2.94 bits per heavy atom. The molecule has 3 nitrogen and oxygen atoms in total. The van der Waals surface area contributed by atoms with Gasteiger partial charge in [-0.05, 0) is 37.4 Å². The second kappa shape index (κ2) is 3.75. The number of nitrogens with zero attached hydrogens (tertiary/aromatic N) is 1. The minimum Gasteiger partial charge on any atom is -0.440 e. The summed E-state index contributed by atoms with van der Waals surface area (Å²) in [6.45, 7) is 0.596. The molecule has 2 N–H and O–H groups in total. The van der Waals surface area contributed by atoms with E-state index >= 15 is 0 Å². The third-order valence-electron chi connectivity index (χ3n) is 2.91. The molecule has 0 radical (unpaired) electrons. The molecular weight excluding hydrogens is 224 g/mol. The molecule has 0 saturated heterocycles. The van der Waals surface area contributed by atoms with E-state index < -0.39 is 0 Å². The first-order valence-electron chi connectivity index (χ1n) is 5.57. The van der Waals surface area contributed by atoms with Crippen molar-refractivity contribution < 1.29 is 4.42 Å². The Balaban J connectivity index is 2.08. The topological polar surface area (TPSA) is 52.0 Å². The predicted molar refractivity (Wildman–Crippen MR) is 63.8 cm³/mol. The van der Waals surface area contributed by atoms with E-state index in [1.54, 1.807) is 0 Å². The Morgan fingerprint density at radius 1 is 1.44 bits per heavy atom. The number of hydrogen-bond acceptors (Lipinski definition) is 3. The molecule has 1 aromatic heterocycles. The molecule has 1 aliphatic rings. The van der Waals surface area contributed by atoms with Crippen molar-refractivity contribution in [3.05, 3.63) is 28.6 Å². The number of rotatable bonds is 3. The Labute approximate surface area is 98.6 Å². The molecule has 1 aliphatic carbocycles. The summed E-state index contributed by atoms with van der Waals surface area (Å²) in [4.78, 5) is 4.49. The van der Waals surface area contributed by atoms with Crippen molar-refractivity contribution in [1.82, 2.24) is 4.98 Å². The van der Waals surface area contributed by atoms with E-state index in [2.05, 4.69) is 4.98 Å². The van der Waals surface area contributed by atoms with Crippen LogP contribution in [0.4, 0.5) is 0 Å². The van der Waals surface area contributed by atoms with E-state index in [0.717, 1.165) is 34.0 Å². The van der Waals surface area contributed by atoms with Gasteiger partial charge in [-0.2, -0.15) is 0 Å². The molecule has 1 saturated carbocycles. The normalized spacial score (nSPS) is 15.9. The van der Waals surface area contributed by atoms with Crippen LogP contribution in [0.15, 0.2) is 16.5 Å².